The number of carbonyl (C=O) groups is 1. The highest BCUT2D eigenvalue weighted by Crippen LogP contribution is 2.29. The van der Waals surface area contributed by atoms with Gasteiger partial charge in [-0.2, -0.15) is 0 Å². The molecule has 2 aliphatic heterocycles. The number of alkyl carbamates (subject to hydrolysis) is 1. The minimum absolute atomic E-state index is 0.0521. The van der Waals surface area contributed by atoms with Crippen LogP contribution in [0.15, 0.2) is 30.9 Å². The van der Waals surface area contributed by atoms with Crippen LogP contribution in [-0.4, -0.2) is 87.4 Å². The van der Waals surface area contributed by atoms with Crippen molar-refractivity contribution in [3.63, 3.8) is 0 Å². The first kappa shape index (κ1) is 27.3. The molecule has 3 aromatic heterocycles. The van der Waals surface area contributed by atoms with E-state index in [9.17, 15) is 4.79 Å². The molecule has 0 saturated carbocycles. The minimum Gasteiger partial charge on any atom is -0.444 e. The van der Waals surface area contributed by atoms with Crippen molar-refractivity contribution in [3.8, 4) is 11.1 Å². The lowest BCUT2D eigenvalue weighted by Gasteiger charge is -2.37. The van der Waals surface area contributed by atoms with E-state index in [0.29, 0.717) is 6.04 Å². The summed E-state index contributed by atoms with van der Waals surface area (Å²) in [4.78, 5) is 31.3. The zero-order valence-corrected chi connectivity index (χ0v) is 24.0. The summed E-state index contributed by atoms with van der Waals surface area (Å²) < 4.78 is 13.2. The van der Waals surface area contributed by atoms with E-state index < -0.39 is 11.7 Å². The summed E-state index contributed by atoms with van der Waals surface area (Å²) in [6.07, 6.45) is 10.3. The first-order valence-electron chi connectivity index (χ1n) is 14.0. The number of amides is 1. The van der Waals surface area contributed by atoms with Crippen LogP contribution in [0.25, 0.3) is 16.8 Å². The van der Waals surface area contributed by atoms with Crippen LogP contribution in [0.3, 0.4) is 0 Å². The van der Waals surface area contributed by atoms with Gasteiger partial charge in [0.1, 0.15) is 11.2 Å². The van der Waals surface area contributed by atoms with Gasteiger partial charge in [-0.25, -0.2) is 19.7 Å². The summed E-state index contributed by atoms with van der Waals surface area (Å²) in [5.74, 6) is 0.801. The molecular weight excluding hydrogens is 494 g/mol. The number of aryl methyl sites for hydroxylation is 2. The molecule has 3 aromatic rings. The second-order valence-electron chi connectivity index (χ2n) is 11.7. The molecule has 0 radical (unpaired) electrons. The van der Waals surface area contributed by atoms with Gasteiger partial charge < -0.3 is 24.1 Å². The molecule has 1 amide bonds. The Labute approximate surface area is 230 Å². The predicted molar refractivity (Wildman–Crippen MR) is 151 cm³/mol. The lowest BCUT2D eigenvalue weighted by atomic mass is 10.0. The molecule has 10 heteroatoms. The maximum atomic E-state index is 12.4. The van der Waals surface area contributed by atoms with Crippen molar-refractivity contribution in [2.45, 2.75) is 77.7 Å². The fourth-order valence-corrected chi connectivity index (χ4v) is 5.79. The predicted octanol–water partition coefficient (Wildman–Crippen LogP) is 3.85. The Hall–Kier alpha value is -3.24. The van der Waals surface area contributed by atoms with Gasteiger partial charge in [0.25, 0.3) is 0 Å². The summed E-state index contributed by atoms with van der Waals surface area (Å²) in [5, 5.41) is 3.02. The normalized spacial score (nSPS) is 21.0. The van der Waals surface area contributed by atoms with Gasteiger partial charge in [-0.3, -0.25) is 4.90 Å². The monoisotopic (exact) mass is 535 g/mol. The Bertz CT molecular complexity index is 1310. The molecule has 2 aliphatic rings. The number of pyridine rings is 1. The lowest BCUT2D eigenvalue weighted by Crippen LogP contribution is -2.47. The van der Waals surface area contributed by atoms with Crippen molar-refractivity contribution < 1.29 is 14.3 Å². The van der Waals surface area contributed by atoms with Gasteiger partial charge >= 0.3 is 6.09 Å². The number of likely N-dealkylation sites (tertiary alicyclic amines) is 1. The van der Waals surface area contributed by atoms with Gasteiger partial charge in [0.05, 0.1) is 17.8 Å². The fraction of sp³-hybridized carbons (Fsp3) is 0.586. The zero-order valence-electron chi connectivity index (χ0n) is 24.0. The Morgan fingerprint density at radius 1 is 1.18 bits per heavy atom. The van der Waals surface area contributed by atoms with Crippen molar-refractivity contribution in [1.29, 1.82) is 0 Å². The van der Waals surface area contributed by atoms with Gasteiger partial charge in [-0.15, -0.1) is 0 Å². The Morgan fingerprint density at radius 3 is 2.64 bits per heavy atom. The average molecular weight is 536 g/mol. The topological polar surface area (TPSA) is 97.1 Å². The summed E-state index contributed by atoms with van der Waals surface area (Å²) >= 11 is 0. The third-order valence-corrected chi connectivity index (χ3v) is 7.74. The number of ether oxygens (including phenoxy) is 2. The Balaban J connectivity index is 1.22. The SMILES string of the molecule is CCc1nc(N2CCC(N3C[C@@H](NC(=O)OC(C)(C)C)[C@H](OC)C3)CC2)ncc1-c1cc(C)c2nccn2c1. The van der Waals surface area contributed by atoms with E-state index in [4.69, 9.17) is 19.4 Å². The van der Waals surface area contributed by atoms with Crippen LogP contribution in [0.2, 0.25) is 0 Å². The molecule has 0 bridgehead atoms. The molecule has 2 atom stereocenters. The summed E-state index contributed by atoms with van der Waals surface area (Å²) in [5.41, 5.74) is 4.81. The number of piperidine rings is 1. The number of rotatable bonds is 6. The number of aromatic nitrogens is 4. The van der Waals surface area contributed by atoms with Gasteiger partial charge in [0, 0.05) is 75.2 Å². The third kappa shape index (κ3) is 6.01. The number of nitrogens with one attached hydrogen (secondary N) is 1. The standard InChI is InChI=1S/C29H41N7O3/c1-7-23-22(20-14-19(2)26-30-10-13-35(26)16-20)15-31-27(32-23)34-11-8-21(9-12-34)36-17-24(25(18-36)38-6)33-28(37)39-29(3,4)5/h10,13-16,21,24-25H,7-9,11-12,17-18H2,1-6H3,(H,33,37)/t24-,25-/m1/s1. The van der Waals surface area contributed by atoms with Crippen LogP contribution in [0.4, 0.5) is 10.7 Å². The first-order chi connectivity index (χ1) is 18.6. The fourth-order valence-electron chi connectivity index (χ4n) is 5.79. The molecule has 0 aromatic carbocycles. The van der Waals surface area contributed by atoms with Crippen molar-refractivity contribution in [2.24, 2.45) is 0 Å². The first-order valence-corrected chi connectivity index (χ1v) is 14.0. The zero-order chi connectivity index (χ0) is 27.7. The van der Waals surface area contributed by atoms with E-state index in [0.717, 1.165) is 79.4 Å². The van der Waals surface area contributed by atoms with Crippen LogP contribution < -0.4 is 10.2 Å². The molecule has 0 aliphatic carbocycles. The smallest absolute Gasteiger partial charge is 0.408 e. The molecule has 5 heterocycles. The van der Waals surface area contributed by atoms with Crippen LogP contribution >= 0.6 is 0 Å². The second kappa shape index (κ2) is 11.1. The highest BCUT2D eigenvalue weighted by atomic mass is 16.6. The number of anilines is 1. The lowest BCUT2D eigenvalue weighted by molar-refractivity contribution is 0.0414. The van der Waals surface area contributed by atoms with Gasteiger partial charge in [-0.05, 0) is 58.6 Å². The average Bonchev–Trinajstić information content (AvgIpc) is 3.54. The van der Waals surface area contributed by atoms with Crippen LogP contribution in [0, 0.1) is 6.92 Å². The van der Waals surface area contributed by atoms with E-state index in [-0.39, 0.29) is 12.1 Å². The van der Waals surface area contributed by atoms with E-state index in [2.05, 4.69) is 50.6 Å². The van der Waals surface area contributed by atoms with Crippen LogP contribution in [0.1, 0.15) is 51.8 Å². The number of hydrogen-bond acceptors (Lipinski definition) is 8. The number of hydrogen-bond donors (Lipinski definition) is 1. The summed E-state index contributed by atoms with van der Waals surface area (Å²) in [6.45, 7) is 13.2. The highest BCUT2D eigenvalue weighted by molar-refractivity contribution is 5.69. The van der Waals surface area contributed by atoms with Crippen molar-refractivity contribution in [3.05, 3.63) is 42.1 Å². The maximum Gasteiger partial charge on any atom is 0.408 e. The van der Waals surface area contributed by atoms with E-state index >= 15 is 0 Å². The van der Waals surface area contributed by atoms with E-state index in [1.807, 2.05) is 39.4 Å². The number of fused-ring (bicyclic) bond motifs is 1. The molecular formula is C29H41N7O3. The quantitative estimate of drug-likeness (QED) is 0.508. The van der Waals surface area contributed by atoms with Crippen molar-refractivity contribution in [2.75, 3.05) is 38.2 Å². The summed E-state index contributed by atoms with van der Waals surface area (Å²) in [6, 6.07) is 2.51. The molecule has 39 heavy (non-hydrogen) atoms. The Kier molecular flexibility index (Phi) is 7.77. The molecule has 0 spiro atoms. The minimum atomic E-state index is -0.526. The third-order valence-electron chi connectivity index (χ3n) is 7.74. The maximum absolute atomic E-state index is 12.4. The molecule has 0 unspecified atom stereocenters. The second-order valence-corrected chi connectivity index (χ2v) is 11.7. The largest absolute Gasteiger partial charge is 0.444 e. The van der Waals surface area contributed by atoms with E-state index in [1.54, 1.807) is 7.11 Å². The number of nitrogens with zero attached hydrogens (tertiary/aromatic N) is 6. The number of methoxy groups -OCH3 is 1. The molecule has 210 valence electrons. The molecule has 2 fully saturated rings. The van der Waals surface area contributed by atoms with Crippen LogP contribution in [-0.2, 0) is 15.9 Å². The van der Waals surface area contributed by atoms with Gasteiger partial charge in [0.15, 0.2) is 0 Å². The molecule has 5 rings (SSSR count). The molecule has 2 saturated heterocycles. The van der Waals surface area contributed by atoms with Crippen molar-refractivity contribution >= 4 is 17.7 Å². The highest BCUT2D eigenvalue weighted by Gasteiger charge is 2.39. The van der Waals surface area contributed by atoms with Gasteiger partial charge in [0.2, 0.25) is 5.95 Å². The number of carbonyl (C=O) groups excluding carboxylic acids is 1. The van der Waals surface area contributed by atoms with Crippen LogP contribution in [0.5, 0.6) is 0 Å². The van der Waals surface area contributed by atoms with E-state index in [1.165, 1.54) is 0 Å². The summed E-state index contributed by atoms with van der Waals surface area (Å²) in [7, 11) is 1.71. The van der Waals surface area contributed by atoms with Crippen molar-refractivity contribution in [1.82, 2.24) is 29.6 Å². The molecule has 10 nitrogen and oxygen atoms in total. The molecule has 1 N–H and O–H groups in total. The Morgan fingerprint density at radius 2 is 1.95 bits per heavy atom. The number of imidazole rings is 1. The van der Waals surface area contributed by atoms with Gasteiger partial charge in [-0.1, -0.05) is 6.92 Å².